The van der Waals surface area contributed by atoms with Gasteiger partial charge in [-0.3, -0.25) is 5.10 Å². The van der Waals surface area contributed by atoms with E-state index in [4.69, 9.17) is 4.74 Å². The van der Waals surface area contributed by atoms with Gasteiger partial charge < -0.3 is 15.0 Å². The lowest BCUT2D eigenvalue weighted by Crippen LogP contribution is -2.38. The van der Waals surface area contributed by atoms with Crippen LogP contribution in [0.5, 0.6) is 0 Å². The summed E-state index contributed by atoms with van der Waals surface area (Å²) in [6.45, 7) is 7.07. The molecule has 1 atom stereocenters. The largest absolute Gasteiger partial charge is 0.381 e. The summed E-state index contributed by atoms with van der Waals surface area (Å²) in [6.07, 6.45) is 3.32. The Balaban J connectivity index is 1.64. The number of aromatic nitrogens is 2. The van der Waals surface area contributed by atoms with Crippen molar-refractivity contribution in [3.63, 3.8) is 0 Å². The molecule has 2 saturated heterocycles. The molecular weight excluding hydrogens is 256 g/mol. The molecule has 1 unspecified atom stereocenters. The minimum absolute atomic E-state index is 0.0277. The molecule has 2 amide bonds. The van der Waals surface area contributed by atoms with E-state index in [1.807, 2.05) is 18.7 Å². The number of aromatic amines is 1. The lowest BCUT2D eigenvalue weighted by molar-refractivity contribution is -0.000214. The Kier molecular flexibility index (Phi) is 3.41. The predicted octanol–water partition coefficient (Wildman–Crippen LogP) is 2.06. The Labute approximate surface area is 118 Å². The van der Waals surface area contributed by atoms with E-state index in [-0.39, 0.29) is 11.4 Å². The van der Waals surface area contributed by atoms with E-state index in [0.29, 0.717) is 0 Å². The molecule has 0 saturated carbocycles. The Hall–Kier alpha value is -1.56. The summed E-state index contributed by atoms with van der Waals surface area (Å²) < 4.78 is 5.61. The van der Waals surface area contributed by atoms with E-state index in [2.05, 4.69) is 15.5 Å². The number of urea groups is 1. The highest BCUT2D eigenvalue weighted by Crippen LogP contribution is 2.38. The number of rotatable bonds is 1. The number of hydrogen-bond donors (Lipinski definition) is 2. The van der Waals surface area contributed by atoms with Crippen molar-refractivity contribution >= 4 is 11.7 Å². The maximum Gasteiger partial charge on any atom is 0.321 e. The smallest absolute Gasteiger partial charge is 0.321 e. The summed E-state index contributed by atoms with van der Waals surface area (Å²) in [5.74, 6) is 0. The predicted molar refractivity (Wildman–Crippen MR) is 75.8 cm³/mol. The second-order valence-electron chi connectivity index (χ2n) is 6.07. The molecule has 6 heteroatoms. The average molecular weight is 278 g/mol. The normalized spacial score (nSPS) is 26.2. The van der Waals surface area contributed by atoms with Crippen LogP contribution in [0.15, 0.2) is 0 Å². The Bertz CT molecular complexity index is 486. The van der Waals surface area contributed by atoms with Crippen molar-refractivity contribution in [3.8, 4) is 0 Å². The minimum Gasteiger partial charge on any atom is -0.381 e. The van der Waals surface area contributed by atoms with Crippen molar-refractivity contribution in [3.05, 3.63) is 11.4 Å². The molecule has 0 bridgehead atoms. The van der Waals surface area contributed by atoms with Gasteiger partial charge in [0, 0.05) is 25.1 Å². The monoisotopic (exact) mass is 278 g/mol. The zero-order chi connectivity index (χ0) is 14.2. The van der Waals surface area contributed by atoms with E-state index >= 15 is 0 Å². The van der Waals surface area contributed by atoms with Gasteiger partial charge in [-0.25, -0.2) is 4.79 Å². The zero-order valence-electron chi connectivity index (χ0n) is 12.2. The molecule has 0 radical (unpaired) electrons. The number of ether oxygens (including phenoxy) is 1. The number of likely N-dealkylation sites (tertiary alicyclic amines) is 1. The molecule has 3 rings (SSSR count). The first kappa shape index (κ1) is 13.4. The summed E-state index contributed by atoms with van der Waals surface area (Å²) in [7, 11) is 0. The van der Waals surface area contributed by atoms with E-state index < -0.39 is 0 Å². The van der Waals surface area contributed by atoms with Crippen LogP contribution in [-0.4, -0.2) is 47.4 Å². The van der Waals surface area contributed by atoms with Crippen LogP contribution in [0.4, 0.5) is 10.5 Å². The van der Waals surface area contributed by atoms with Crippen LogP contribution in [-0.2, 0) is 4.74 Å². The molecular formula is C14H22N4O2. The molecule has 2 N–H and O–H groups in total. The number of amides is 2. The van der Waals surface area contributed by atoms with Gasteiger partial charge in [-0.15, -0.1) is 0 Å². The van der Waals surface area contributed by atoms with Crippen LogP contribution in [0, 0.1) is 19.3 Å². The quantitative estimate of drug-likeness (QED) is 0.826. The first-order chi connectivity index (χ1) is 9.60. The highest BCUT2D eigenvalue weighted by molar-refractivity contribution is 5.90. The third-order valence-corrected chi connectivity index (χ3v) is 4.49. The van der Waals surface area contributed by atoms with E-state index in [9.17, 15) is 4.79 Å². The molecule has 6 nitrogen and oxygen atoms in total. The summed E-state index contributed by atoms with van der Waals surface area (Å²) in [6, 6.07) is -0.0277. The molecule has 1 aromatic heterocycles. The van der Waals surface area contributed by atoms with Crippen molar-refractivity contribution in [1.29, 1.82) is 0 Å². The molecule has 3 heterocycles. The topological polar surface area (TPSA) is 70.2 Å². The molecule has 2 fully saturated rings. The van der Waals surface area contributed by atoms with Gasteiger partial charge in [0.05, 0.1) is 23.7 Å². The fourth-order valence-electron chi connectivity index (χ4n) is 3.26. The SMILES string of the molecule is Cc1n[nH]c(C)c1NC(=O)N1CCC2(CCCOC2)C1. The van der Waals surface area contributed by atoms with Crippen LogP contribution in [0.2, 0.25) is 0 Å². The number of hydrogen-bond acceptors (Lipinski definition) is 3. The fraction of sp³-hybridized carbons (Fsp3) is 0.714. The summed E-state index contributed by atoms with van der Waals surface area (Å²) in [4.78, 5) is 14.3. The van der Waals surface area contributed by atoms with Crippen LogP contribution in [0.25, 0.3) is 0 Å². The van der Waals surface area contributed by atoms with Crippen LogP contribution in [0.1, 0.15) is 30.7 Å². The third kappa shape index (κ3) is 2.40. The average Bonchev–Trinajstić information content (AvgIpc) is 2.98. The Morgan fingerprint density at radius 2 is 2.30 bits per heavy atom. The second-order valence-corrected chi connectivity index (χ2v) is 6.07. The van der Waals surface area contributed by atoms with Crippen molar-refractivity contribution in [2.45, 2.75) is 33.1 Å². The number of anilines is 1. The van der Waals surface area contributed by atoms with Crippen LogP contribution >= 0.6 is 0 Å². The standard InChI is InChI=1S/C14H22N4O2/c1-10-12(11(2)17-16-10)15-13(19)18-6-5-14(8-18)4-3-7-20-9-14/h3-9H2,1-2H3,(H,15,19)(H,16,17). The molecule has 0 aromatic carbocycles. The molecule has 2 aliphatic rings. The van der Waals surface area contributed by atoms with Crippen molar-refractivity contribution in [1.82, 2.24) is 15.1 Å². The number of carbonyl (C=O) groups excluding carboxylic acids is 1. The highest BCUT2D eigenvalue weighted by Gasteiger charge is 2.41. The van der Waals surface area contributed by atoms with Crippen molar-refractivity contribution in [2.75, 3.05) is 31.6 Å². The van der Waals surface area contributed by atoms with Gasteiger partial charge in [0.25, 0.3) is 0 Å². The van der Waals surface area contributed by atoms with Crippen LogP contribution in [0.3, 0.4) is 0 Å². The van der Waals surface area contributed by atoms with Gasteiger partial charge in [-0.2, -0.15) is 5.10 Å². The highest BCUT2D eigenvalue weighted by atomic mass is 16.5. The zero-order valence-corrected chi connectivity index (χ0v) is 12.2. The van der Waals surface area contributed by atoms with E-state index in [1.165, 1.54) is 6.42 Å². The summed E-state index contributed by atoms with van der Waals surface area (Å²) >= 11 is 0. The van der Waals surface area contributed by atoms with Crippen molar-refractivity contribution < 1.29 is 9.53 Å². The minimum atomic E-state index is -0.0277. The van der Waals surface area contributed by atoms with E-state index in [0.717, 1.165) is 56.2 Å². The number of nitrogens with zero attached hydrogens (tertiary/aromatic N) is 2. The maximum atomic E-state index is 12.4. The van der Waals surface area contributed by atoms with Gasteiger partial charge in [-0.1, -0.05) is 0 Å². The molecule has 2 aliphatic heterocycles. The lowest BCUT2D eigenvalue weighted by atomic mass is 9.82. The second kappa shape index (κ2) is 5.09. The fourth-order valence-corrected chi connectivity index (χ4v) is 3.26. The molecule has 0 aliphatic carbocycles. The lowest BCUT2D eigenvalue weighted by Gasteiger charge is -2.32. The number of carbonyl (C=O) groups is 1. The van der Waals surface area contributed by atoms with Gasteiger partial charge >= 0.3 is 6.03 Å². The van der Waals surface area contributed by atoms with Gasteiger partial charge in [0.2, 0.25) is 0 Å². The number of aryl methyl sites for hydroxylation is 2. The number of H-pyrrole nitrogens is 1. The van der Waals surface area contributed by atoms with Gasteiger partial charge in [0.15, 0.2) is 0 Å². The van der Waals surface area contributed by atoms with E-state index in [1.54, 1.807) is 0 Å². The Morgan fingerprint density at radius 3 is 2.95 bits per heavy atom. The molecule has 1 aromatic rings. The van der Waals surface area contributed by atoms with Gasteiger partial charge in [0.1, 0.15) is 0 Å². The Morgan fingerprint density at radius 1 is 1.45 bits per heavy atom. The summed E-state index contributed by atoms with van der Waals surface area (Å²) in [5, 5.41) is 9.96. The number of nitrogens with one attached hydrogen (secondary N) is 2. The van der Waals surface area contributed by atoms with Crippen molar-refractivity contribution in [2.24, 2.45) is 5.41 Å². The molecule has 110 valence electrons. The third-order valence-electron chi connectivity index (χ3n) is 4.49. The van der Waals surface area contributed by atoms with Crippen LogP contribution < -0.4 is 5.32 Å². The molecule has 20 heavy (non-hydrogen) atoms. The first-order valence-corrected chi connectivity index (χ1v) is 7.25. The molecule has 1 spiro atoms. The maximum absolute atomic E-state index is 12.4. The first-order valence-electron chi connectivity index (χ1n) is 7.25. The van der Waals surface area contributed by atoms with Gasteiger partial charge in [-0.05, 0) is 33.1 Å². The summed E-state index contributed by atoms with van der Waals surface area (Å²) in [5.41, 5.74) is 2.71.